The van der Waals surface area contributed by atoms with Crippen molar-refractivity contribution < 1.29 is 22.7 Å². The van der Waals surface area contributed by atoms with Crippen molar-refractivity contribution in [3.05, 3.63) is 88.4 Å². The Morgan fingerprint density at radius 2 is 1.71 bits per heavy atom. The minimum Gasteiger partial charge on any atom is -0.497 e. The lowest BCUT2D eigenvalue weighted by Gasteiger charge is -2.33. The van der Waals surface area contributed by atoms with Crippen molar-refractivity contribution in [2.75, 3.05) is 24.5 Å². The largest absolute Gasteiger partial charge is 0.497 e. The number of hydrogen-bond acceptors (Lipinski definition) is 5. The molecule has 3 aromatic rings. The number of halogens is 1. The van der Waals surface area contributed by atoms with Crippen LogP contribution in [0.3, 0.4) is 0 Å². The van der Waals surface area contributed by atoms with Crippen LogP contribution < -0.4 is 14.4 Å². The molecule has 0 aliphatic heterocycles. The fourth-order valence-corrected chi connectivity index (χ4v) is 6.09. The molecule has 1 N–H and O–H groups in total. The third-order valence-corrected chi connectivity index (χ3v) is 8.76. The number of carbonyl (C=O) groups excluding carboxylic acids is 2. The van der Waals surface area contributed by atoms with E-state index in [9.17, 15) is 18.0 Å². The summed E-state index contributed by atoms with van der Waals surface area (Å²) in [5, 5.41) is 3.22. The lowest BCUT2D eigenvalue weighted by atomic mass is 10.1. The number of benzene rings is 3. The SMILES string of the molecule is CCCNC(=O)[C@@H](CC)N(Cc1cccc(OC)c1)C(=O)CN(c1cc(Cl)ccc1C)S(=O)(=O)c1ccc(C)cc1. The highest BCUT2D eigenvalue weighted by Crippen LogP contribution is 2.30. The number of anilines is 1. The first kappa shape index (κ1) is 32.0. The average molecular weight is 600 g/mol. The van der Waals surface area contributed by atoms with E-state index in [4.69, 9.17) is 16.3 Å². The molecule has 0 saturated carbocycles. The molecule has 10 heteroatoms. The summed E-state index contributed by atoms with van der Waals surface area (Å²) in [6.45, 7) is 7.41. The summed E-state index contributed by atoms with van der Waals surface area (Å²) in [5.41, 5.74) is 2.56. The molecule has 0 aliphatic rings. The van der Waals surface area contributed by atoms with E-state index in [2.05, 4.69) is 5.32 Å². The third kappa shape index (κ3) is 8.01. The molecular weight excluding hydrogens is 562 g/mol. The maximum Gasteiger partial charge on any atom is 0.264 e. The van der Waals surface area contributed by atoms with E-state index >= 15 is 0 Å². The Morgan fingerprint density at radius 1 is 1.00 bits per heavy atom. The van der Waals surface area contributed by atoms with Crippen LogP contribution in [0.1, 0.15) is 43.4 Å². The first-order chi connectivity index (χ1) is 19.5. The molecule has 0 aromatic heterocycles. The fourth-order valence-electron chi connectivity index (χ4n) is 4.46. The summed E-state index contributed by atoms with van der Waals surface area (Å²) in [5.74, 6) is -0.213. The normalized spacial score (nSPS) is 12.0. The summed E-state index contributed by atoms with van der Waals surface area (Å²) in [7, 11) is -2.63. The van der Waals surface area contributed by atoms with Gasteiger partial charge in [0.25, 0.3) is 10.0 Å². The molecule has 0 bridgehead atoms. The summed E-state index contributed by atoms with van der Waals surface area (Å²) in [4.78, 5) is 28.9. The second-order valence-corrected chi connectivity index (χ2v) is 12.1. The molecule has 3 rings (SSSR count). The third-order valence-electron chi connectivity index (χ3n) is 6.75. The molecule has 0 spiro atoms. The number of carbonyl (C=O) groups is 2. The molecule has 220 valence electrons. The summed E-state index contributed by atoms with van der Waals surface area (Å²) in [6.07, 6.45) is 1.08. The van der Waals surface area contributed by atoms with Gasteiger partial charge < -0.3 is 15.0 Å². The van der Waals surface area contributed by atoms with Gasteiger partial charge in [-0.25, -0.2) is 8.42 Å². The second-order valence-electron chi connectivity index (χ2n) is 9.84. The predicted molar refractivity (Wildman–Crippen MR) is 163 cm³/mol. The number of ether oxygens (including phenoxy) is 1. The molecule has 41 heavy (non-hydrogen) atoms. The van der Waals surface area contributed by atoms with Gasteiger partial charge in [0.05, 0.1) is 17.7 Å². The van der Waals surface area contributed by atoms with Gasteiger partial charge in [-0.15, -0.1) is 0 Å². The number of aryl methyl sites for hydroxylation is 2. The van der Waals surface area contributed by atoms with Gasteiger partial charge in [-0.3, -0.25) is 13.9 Å². The summed E-state index contributed by atoms with van der Waals surface area (Å²) in [6, 6.07) is 17.8. The van der Waals surface area contributed by atoms with E-state index in [0.717, 1.165) is 21.9 Å². The van der Waals surface area contributed by atoms with Crippen molar-refractivity contribution in [1.29, 1.82) is 0 Å². The van der Waals surface area contributed by atoms with Crippen LogP contribution in [0.15, 0.2) is 71.6 Å². The van der Waals surface area contributed by atoms with Crippen LogP contribution in [0, 0.1) is 13.8 Å². The minimum absolute atomic E-state index is 0.0438. The molecule has 3 aromatic carbocycles. The van der Waals surface area contributed by atoms with Crippen LogP contribution in [0.2, 0.25) is 5.02 Å². The number of hydrogen-bond donors (Lipinski definition) is 1. The first-order valence-corrected chi connectivity index (χ1v) is 15.4. The molecule has 0 unspecified atom stereocenters. The first-order valence-electron chi connectivity index (χ1n) is 13.6. The van der Waals surface area contributed by atoms with Gasteiger partial charge in [-0.2, -0.15) is 0 Å². The zero-order valence-electron chi connectivity index (χ0n) is 24.2. The molecule has 0 radical (unpaired) electrons. The Morgan fingerprint density at radius 3 is 2.34 bits per heavy atom. The molecule has 0 heterocycles. The van der Waals surface area contributed by atoms with Crippen molar-refractivity contribution in [2.45, 2.75) is 58.0 Å². The van der Waals surface area contributed by atoms with Gasteiger partial charge in [0, 0.05) is 18.1 Å². The highest BCUT2D eigenvalue weighted by atomic mass is 35.5. The van der Waals surface area contributed by atoms with E-state index in [1.54, 1.807) is 56.5 Å². The topological polar surface area (TPSA) is 96.0 Å². The summed E-state index contributed by atoms with van der Waals surface area (Å²) >= 11 is 6.29. The standard InChI is InChI=1S/C31H38ClN3O5S/c1-6-17-33-31(37)28(7-2)34(20-24-9-8-10-26(18-24)40-5)30(36)21-35(29-19-25(32)14-13-23(29)4)41(38,39)27-15-11-22(3)12-16-27/h8-16,18-19,28H,6-7,17,20-21H2,1-5H3,(H,33,37)/t28-/m1/s1. The van der Waals surface area contributed by atoms with E-state index in [1.165, 1.54) is 23.1 Å². The quantitative estimate of drug-likeness (QED) is 0.280. The Kier molecular flexibility index (Phi) is 11.2. The number of amides is 2. The van der Waals surface area contributed by atoms with Gasteiger partial charge in [0.1, 0.15) is 18.3 Å². The average Bonchev–Trinajstić information content (AvgIpc) is 2.96. The van der Waals surface area contributed by atoms with Gasteiger partial charge in [-0.05, 0) is 74.2 Å². The van der Waals surface area contributed by atoms with E-state index in [-0.39, 0.29) is 23.0 Å². The summed E-state index contributed by atoms with van der Waals surface area (Å²) < 4.78 is 34.5. The Balaban J connectivity index is 2.10. The lowest BCUT2D eigenvalue weighted by Crippen LogP contribution is -2.52. The second kappa shape index (κ2) is 14.4. The van der Waals surface area contributed by atoms with Gasteiger partial charge in [0.2, 0.25) is 11.8 Å². The molecular formula is C31H38ClN3O5S. The number of sulfonamides is 1. The van der Waals surface area contributed by atoms with Crippen LogP contribution in [-0.2, 0) is 26.2 Å². The van der Waals surface area contributed by atoms with Crippen molar-refractivity contribution in [2.24, 2.45) is 0 Å². The Bertz CT molecular complexity index is 1460. The highest BCUT2D eigenvalue weighted by molar-refractivity contribution is 7.92. The maximum atomic E-state index is 14.2. The maximum absolute atomic E-state index is 14.2. The molecule has 1 atom stereocenters. The van der Waals surface area contributed by atoms with Crippen molar-refractivity contribution in [3.63, 3.8) is 0 Å². The lowest BCUT2D eigenvalue weighted by molar-refractivity contribution is -0.140. The van der Waals surface area contributed by atoms with Crippen molar-refractivity contribution in [3.8, 4) is 5.75 Å². The van der Waals surface area contributed by atoms with Crippen LogP contribution in [0.25, 0.3) is 0 Å². The van der Waals surface area contributed by atoms with Crippen molar-refractivity contribution >= 4 is 39.1 Å². The molecule has 2 amide bonds. The van der Waals surface area contributed by atoms with Gasteiger partial charge >= 0.3 is 0 Å². The van der Waals surface area contributed by atoms with Crippen LogP contribution in [0.5, 0.6) is 5.75 Å². The number of nitrogens with zero attached hydrogens (tertiary/aromatic N) is 2. The van der Waals surface area contributed by atoms with Gasteiger partial charge in [0.15, 0.2) is 0 Å². The van der Waals surface area contributed by atoms with E-state index in [0.29, 0.717) is 29.3 Å². The monoisotopic (exact) mass is 599 g/mol. The molecule has 8 nitrogen and oxygen atoms in total. The van der Waals surface area contributed by atoms with E-state index in [1.807, 2.05) is 26.8 Å². The van der Waals surface area contributed by atoms with Crippen LogP contribution in [-0.4, -0.2) is 51.4 Å². The Hall–Kier alpha value is -3.56. The number of methoxy groups -OCH3 is 1. The zero-order valence-corrected chi connectivity index (χ0v) is 25.8. The van der Waals surface area contributed by atoms with E-state index < -0.39 is 28.5 Å². The highest BCUT2D eigenvalue weighted by Gasteiger charge is 2.34. The molecule has 0 aliphatic carbocycles. The molecule has 0 fully saturated rings. The fraction of sp³-hybridized carbons (Fsp3) is 0.355. The van der Waals surface area contributed by atoms with Crippen LogP contribution >= 0.6 is 11.6 Å². The zero-order chi connectivity index (χ0) is 30.2. The predicted octanol–water partition coefficient (Wildman–Crippen LogP) is 5.49. The van der Waals surface area contributed by atoms with Crippen molar-refractivity contribution in [1.82, 2.24) is 10.2 Å². The number of rotatable bonds is 13. The molecule has 0 saturated heterocycles. The van der Waals surface area contributed by atoms with Gasteiger partial charge in [-0.1, -0.05) is 61.3 Å². The Labute approximate surface area is 248 Å². The number of nitrogens with one attached hydrogen (secondary N) is 1. The van der Waals surface area contributed by atoms with Crippen LogP contribution in [0.4, 0.5) is 5.69 Å². The minimum atomic E-state index is -4.18. The smallest absolute Gasteiger partial charge is 0.264 e.